The molecule has 2 aromatic rings. The smallest absolute Gasteiger partial charge is 0.410 e. The van der Waals surface area contributed by atoms with Crippen molar-refractivity contribution in [3.8, 4) is 11.5 Å². The van der Waals surface area contributed by atoms with Crippen LogP contribution in [-0.2, 0) is 14.3 Å². The molecule has 1 aromatic carbocycles. The zero-order valence-corrected chi connectivity index (χ0v) is 18.9. The summed E-state index contributed by atoms with van der Waals surface area (Å²) < 4.78 is 22.9. The van der Waals surface area contributed by atoms with E-state index in [0.29, 0.717) is 54.5 Å². The molecule has 4 heterocycles. The normalized spacial score (nSPS) is 19.1. The molecule has 0 bridgehead atoms. The maximum absolute atomic E-state index is 13.8. The van der Waals surface area contributed by atoms with Crippen LogP contribution in [0.25, 0.3) is 11.3 Å². The van der Waals surface area contributed by atoms with Crippen molar-refractivity contribution in [1.29, 1.82) is 0 Å². The second-order valence-corrected chi connectivity index (χ2v) is 9.38. The molecule has 8 nitrogen and oxygen atoms in total. The Labute approximate surface area is 192 Å². The molecule has 0 unspecified atom stereocenters. The van der Waals surface area contributed by atoms with E-state index in [1.165, 1.54) is 0 Å². The topological polar surface area (TPSA) is 87.2 Å². The van der Waals surface area contributed by atoms with Gasteiger partial charge in [0.05, 0.1) is 11.3 Å². The van der Waals surface area contributed by atoms with Crippen LogP contribution in [0.1, 0.15) is 44.9 Å². The van der Waals surface area contributed by atoms with E-state index < -0.39 is 11.2 Å². The Kier molecular flexibility index (Phi) is 5.03. The third-order valence-electron chi connectivity index (χ3n) is 5.94. The number of nitrogens with zero attached hydrogens (tertiary/aromatic N) is 2. The number of piperidine rings is 1. The summed E-state index contributed by atoms with van der Waals surface area (Å²) in [6.07, 6.45) is 2.02. The number of ether oxygens (including phenoxy) is 4. The first-order valence-electron chi connectivity index (χ1n) is 11.0. The first-order chi connectivity index (χ1) is 15.8. The Hall–Kier alpha value is -3.55. The Bertz CT molecular complexity index is 1130. The highest BCUT2D eigenvalue weighted by atomic mass is 16.7. The lowest BCUT2D eigenvalue weighted by Gasteiger charge is -2.38. The fourth-order valence-corrected chi connectivity index (χ4v) is 4.31. The molecule has 0 saturated carbocycles. The van der Waals surface area contributed by atoms with Gasteiger partial charge in [-0.2, -0.15) is 0 Å². The highest BCUT2D eigenvalue weighted by molar-refractivity contribution is 6.32. The van der Waals surface area contributed by atoms with Gasteiger partial charge in [-0.1, -0.05) is 6.07 Å². The van der Waals surface area contributed by atoms with Crippen molar-refractivity contribution >= 4 is 23.2 Å². The molecule has 0 N–H and O–H groups in total. The summed E-state index contributed by atoms with van der Waals surface area (Å²) in [6.45, 7) is 6.40. The van der Waals surface area contributed by atoms with Crippen molar-refractivity contribution in [1.82, 2.24) is 9.88 Å². The Morgan fingerprint density at radius 3 is 2.55 bits per heavy atom. The first-order valence-corrected chi connectivity index (χ1v) is 11.0. The molecule has 1 amide bonds. The largest absolute Gasteiger partial charge is 0.477 e. The second kappa shape index (κ2) is 7.79. The maximum Gasteiger partial charge on any atom is 0.410 e. The number of carbonyl (C=O) groups excluding carboxylic acids is 2. The molecule has 1 aromatic heterocycles. The van der Waals surface area contributed by atoms with E-state index in [9.17, 15) is 9.59 Å². The van der Waals surface area contributed by atoms with Crippen molar-refractivity contribution in [3.05, 3.63) is 53.9 Å². The van der Waals surface area contributed by atoms with Crippen molar-refractivity contribution in [2.75, 3.05) is 19.9 Å². The maximum atomic E-state index is 13.8. The van der Waals surface area contributed by atoms with Crippen molar-refractivity contribution in [3.63, 3.8) is 0 Å². The summed E-state index contributed by atoms with van der Waals surface area (Å²) in [7, 11) is 0. The van der Waals surface area contributed by atoms with Crippen molar-refractivity contribution in [2.24, 2.45) is 0 Å². The first kappa shape index (κ1) is 21.3. The molecule has 0 aliphatic carbocycles. The lowest BCUT2D eigenvalue weighted by Crippen LogP contribution is -2.51. The lowest BCUT2D eigenvalue weighted by atomic mass is 9.84. The Balaban J connectivity index is 1.45. The standard InChI is InChI=1S/C25H26N2O6/c1-24(2,3)33-23(29)27-12-9-25(10-13-27)22(28)20(17-6-4-5-11-26-17)21(32-25)16-7-8-18-19(14-16)31-15-30-18/h4-8,11,14H,9-10,12-13,15H2,1-3H3. The molecule has 8 heteroatoms. The molecule has 33 heavy (non-hydrogen) atoms. The number of Topliss-reactive ketones (excluding diaryl/α,β-unsaturated/α-hetero) is 1. The summed E-state index contributed by atoms with van der Waals surface area (Å²) in [5.41, 5.74) is 0.102. The van der Waals surface area contributed by atoms with Gasteiger partial charge in [-0.15, -0.1) is 0 Å². The van der Waals surface area contributed by atoms with E-state index in [0.717, 1.165) is 5.56 Å². The van der Waals surface area contributed by atoms with Crippen LogP contribution in [0.4, 0.5) is 4.79 Å². The van der Waals surface area contributed by atoms with E-state index in [1.807, 2.05) is 45.0 Å². The zero-order valence-electron chi connectivity index (χ0n) is 18.9. The van der Waals surface area contributed by atoms with Crippen LogP contribution >= 0.6 is 0 Å². The van der Waals surface area contributed by atoms with Gasteiger partial charge in [-0.25, -0.2) is 4.79 Å². The average molecular weight is 450 g/mol. The van der Waals surface area contributed by atoms with Gasteiger partial charge in [0.15, 0.2) is 17.1 Å². The van der Waals surface area contributed by atoms with Crippen LogP contribution in [0.15, 0.2) is 42.6 Å². The number of amides is 1. The Morgan fingerprint density at radius 1 is 1.09 bits per heavy atom. The molecular weight excluding hydrogens is 424 g/mol. The van der Waals surface area contributed by atoms with Crippen LogP contribution in [0.2, 0.25) is 0 Å². The van der Waals surface area contributed by atoms with E-state index in [1.54, 1.807) is 23.2 Å². The molecular formula is C25H26N2O6. The molecule has 172 valence electrons. The minimum atomic E-state index is -1.04. The zero-order chi connectivity index (χ0) is 23.2. The predicted molar refractivity (Wildman–Crippen MR) is 119 cm³/mol. The van der Waals surface area contributed by atoms with Crippen LogP contribution in [0.5, 0.6) is 11.5 Å². The SMILES string of the molecule is CC(C)(C)OC(=O)N1CCC2(CC1)OC(c1ccc3c(c1)OCO3)=C(c1ccccn1)C2=O. The minimum Gasteiger partial charge on any atom is -0.477 e. The number of likely N-dealkylation sites (tertiary alicyclic amines) is 1. The monoisotopic (exact) mass is 450 g/mol. The van der Waals surface area contributed by atoms with Gasteiger partial charge in [0.2, 0.25) is 12.6 Å². The fourth-order valence-electron chi connectivity index (χ4n) is 4.31. The molecule has 3 aliphatic rings. The second-order valence-electron chi connectivity index (χ2n) is 9.38. The average Bonchev–Trinajstić information content (AvgIpc) is 3.36. The van der Waals surface area contributed by atoms with Crippen LogP contribution in [-0.4, -0.2) is 52.8 Å². The molecule has 0 atom stereocenters. The quantitative estimate of drug-likeness (QED) is 0.682. The number of aromatic nitrogens is 1. The van der Waals surface area contributed by atoms with E-state index >= 15 is 0 Å². The molecule has 5 rings (SSSR count). The summed E-state index contributed by atoms with van der Waals surface area (Å²) in [5.74, 6) is 1.63. The lowest BCUT2D eigenvalue weighted by molar-refractivity contribution is -0.132. The number of hydrogen-bond acceptors (Lipinski definition) is 7. The highest BCUT2D eigenvalue weighted by Crippen LogP contribution is 2.47. The number of hydrogen-bond donors (Lipinski definition) is 0. The van der Waals surface area contributed by atoms with Crippen molar-refractivity contribution in [2.45, 2.75) is 44.8 Å². The number of rotatable bonds is 2. The minimum absolute atomic E-state index is 0.113. The van der Waals surface area contributed by atoms with E-state index in [4.69, 9.17) is 18.9 Å². The van der Waals surface area contributed by atoms with Gasteiger partial charge in [0.25, 0.3) is 0 Å². The number of fused-ring (bicyclic) bond motifs is 1. The van der Waals surface area contributed by atoms with Crippen LogP contribution in [0.3, 0.4) is 0 Å². The Morgan fingerprint density at radius 2 is 1.85 bits per heavy atom. The van der Waals surface area contributed by atoms with Gasteiger partial charge in [0, 0.05) is 37.7 Å². The van der Waals surface area contributed by atoms with Crippen LogP contribution in [0, 0.1) is 0 Å². The molecule has 1 spiro atoms. The summed E-state index contributed by atoms with van der Waals surface area (Å²) in [4.78, 5) is 32.4. The van der Waals surface area contributed by atoms with Crippen molar-refractivity contribution < 1.29 is 28.5 Å². The van der Waals surface area contributed by atoms with Gasteiger partial charge < -0.3 is 23.8 Å². The molecule has 1 fully saturated rings. The predicted octanol–water partition coefficient (Wildman–Crippen LogP) is 4.05. The summed E-state index contributed by atoms with van der Waals surface area (Å²) in [6, 6.07) is 10.9. The van der Waals surface area contributed by atoms with E-state index in [2.05, 4.69) is 4.98 Å². The highest BCUT2D eigenvalue weighted by Gasteiger charge is 2.52. The molecule has 1 saturated heterocycles. The van der Waals surface area contributed by atoms with Gasteiger partial charge in [-0.3, -0.25) is 9.78 Å². The van der Waals surface area contributed by atoms with Gasteiger partial charge in [-0.05, 0) is 51.1 Å². The van der Waals surface area contributed by atoms with Gasteiger partial charge in [0.1, 0.15) is 11.4 Å². The number of carbonyl (C=O) groups is 2. The third-order valence-corrected chi connectivity index (χ3v) is 5.94. The fraction of sp³-hybridized carbons (Fsp3) is 0.400. The van der Waals surface area contributed by atoms with Gasteiger partial charge >= 0.3 is 6.09 Å². The number of pyridine rings is 1. The van der Waals surface area contributed by atoms with E-state index in [-0.39, 0.29) is 18.7 Å². The molecule has 3 aliphatic heterocycles. The summed E-state index contributed by atoms with van der Waals surface area (Å²) in [5, 5.41) is 0. The number of benzene rings is 1. The molecule has 0 radical (unpaired) electrons. The number of ketones is 1. The third kappa shape index (κ3) is 3.90. The summed E-state index contributed by atoms with van der Waals surface area (Å²) >= 11 is 0. The van der Waals surface area contributed by atoms with Crippen LogP contribution < -0.4 is 9.47 Å².